The van der Waals surface area contributed by atoms with Crippen LogP contribution in [0.1, 0.15) is 66.2 Å². The minimum atomic E-state index is -0.0992. The van der Waals surface area contributed by atoms with Gasteiger partial charge >= 0.3 is 0 Å². The maximum Gasteiger partial charge on any atom is 0.291 e. The first kappa shape index (κ1) is 17.4. The minimum absolute atomic E-state index is 0.0175. The second-order valence-electron chi connectivity index (χ2n) is 8.39. The maximum absolute atomic E-state index is 13.0. The molecule has 7 nitrogen and oxygen atoms in total. The summed E-state index contributed by atoms with van der Waals surface area (Å²) in [5.74, 6) is 0.293. The SMILES string of the molecule is O=C(NC1CCC1)C1CC2(CCN(C(=O)c3ncn[nH]3)CC2)c2ccccc21. The summed E-state index contributed by atoms with van der Waals surface area (Å²) in [6, 6.07) is 8.75. The van der Waals surface area contributed by atoms with Crippen LogP contribution in [0.4, 0.5) is 0 Å². The number of rotatable bonds is 3. The van der Waals surface area contributed by atoms with Gasteiger partial charge in [0.2, 0.25) is 11.7 Å². The number of piperidine rings is 1. The van der Waals surface area contributed by atoms with E-state index in [9.17, 15) is 9.59 Å². The fraction of sp³-hybridized carbons (Fsp3) is 0.524. The lowest BCUT2D eigenvalue weighted by atomic mass is 9.73. The lowest BCUT2D eigenvalue weighted by molar-refractivity contribution is -0.124. The topological polar surface area (TPSA) is 91.0 Å². The molecular weight excluding hydrogens is 354 g/mol. The molecule has 1 saturated heterocycles. The normalized spacial score (nSPS) is 23.3. The van der Waals surface area contributed by atoms with E-state index < -0.39 is 0 Å². The molecule has 1 unspecified atom stereocenters. The summed E-state index contributed by atoms with van der Waals surface area (Å²) in [6.45, 7) is 1.34. The zero-order chi connectivity index (χ0) is 19.1. The van der Waals surface area contributed by atoms with Gasteiger partial charge in [0.15, 0.2) is 0 Å². The smallest absolute Gasteiger partial charge is 0.291 e. The van der Waals surface area contributed by atoms with Crippen LogP contribution in [0.3, 0.4) is 0 Å². The molecule has 1 saturated carbocycles. The monoisotopic (exact) mass is 379 g/mol. The van der Waals surface area contributed by atoms with E-state index >= 15 is 0 Å². The number of amides is 2. The van der Waals surface area contributed by atoms with Crippen molar-refractivity contribution in [2.45, 2.75) is 55.9 Å². The molecule has 2 N–H and O–H groups in total. The van der Waals surface area contributed by atoms with E-state index in [2.05, 4.69) is 38.7 Å². The van der Waals surface area contributed by atoms with Gasteiger partial charge in [0.25, 0.3) is 5.91 Å². The molecule has 3 aliphatic rings. The standard InChI is InChI=1S/C21H25N5O2/c27-19(24-14-4-3-5-14)16-12-21(17-7-2-1-6-15(16)17)8-10-26(11-9-21)20(28)18-22-13-23-25-18/h1-2,6-7,13-14,16H,3-5,8-12H2,(H,24,27)(H,22,23,25). The Morgan fingerprint density at radius 3 is 2.64 bits per heavy atom. The molecule has 2 aromatic rings. The second-order valence-corrected chi connectivity index (χ2v) is 8.39. The summed E-state index contributed by atoms with van der Waals surface area (Å²) in [7, 11) is 0. The van der Waals surface area contributed by atoms with Gasteiger partial charge in [0, 0.05) is 24.5 Å². The van der Waals surface area contributed by atoms with Crippen LogP contribution in [0.5, 0.6) is 0 Å². The van der Waals surface area contributed by atoms with E-state index in [-0.39, 0.29) is 23.1 Å². The number of hydrogen-bond acceptors (Lipinski definition) is 4. The van der Waals surface area contributed by atoms with Crippen molar-refractivity contribution in [1.29, 1.82) is 0 Å². The van der Waals surface area contributed by atoms with Gasteiger partial charge in [0.1, 0.15) is 6.33 Å². The van der Waals surface area contributed by atoms with E-state index in [0.29, 0.717) is 25.0 Å². The van der Waals surface area contributed by atoms with Crippen LogP contribution >= 0.6 is 0 Å². The summed E-state index contributed by atoms with van der Waals surface area (Å²) in [4.78, 5) is 31.4. The molecule has 1 aliphatic heterocycles. The van der Waals surface area contributed by atoms with Crippen LogP contribution in [0.15, 0.2) is 30.6 Å². The molecule has 1 atom stereocenters. The van der Waals surface area contributed by atoms with Crippen LogP contribution in [0, 0.1) is 0 Å². The number of aromatic nitrogens is 3. The first-order valence-corrected chi connectivity index (χ1v) is 10.2. The lowest BCUT2D eigenvalue weighted by Crippen LogP contribution is -2.45. The van der Waals surface area contributed by atoms with Gasteiger partial charge in [-0.05, 0) is 49.7 Å². The number of carbonyl (C=O) groups is 2. The van der Waals surface area contributed by atoms with Crippen molar-refractivity contribution in [2.75, 3.05) is 13.1 Å². The molecule has 1 aromatic heterocycles. The van der Waals surface area contributed by atoms with Crippen LogP contribution in [0.25, 0.3) is 0 Å². The number of fused-ring (bicyclic) bond motifs is 2. The number of likely N-dealkylation sites (tertiary alicyclic amines) is 1. The Labute approximate surface area is 163 Å². The van der Waals surface area contributed by atoms with Crippen molar-refractivity contribution in [3.8, 4) is 0 Å². The fourth-order valence-corrected chi connectivity index (χ4v) is 5.05. The Morgan fingerprint density at radius 2 is 1.96 bits per heavy atom. The molecule has 5 rings (SSSR count). The van der Waals surface area contributed by atoms with Crippen LogP contribution in [0.2, 0.25) is 0 Å². The Hall–Kier alpha value is -2.70. The van der Waals surface area contributed by atoms with E-state index in [4.69, 9.17) is 0 Å². The van der Waals surface area contributed by atoms with Gasteiger partial charge in [-0.2, -0.15) is 5.10 Å². The number of nitrogens with one attached hydrogen (secondary N) is 2. The van der Waals surface area contributed by atoms with Crippen molar-refractivity contribution in [1.82, 2.24) is 25.4 Å². The highest BCUT2D eigenvalue weighted by molar-refractivity contribution is 5.90. The molecule has 2 fully saturated rings. The molecule has 2 amide bonds. The lowest BCUT2D eigenvalue weighted by Gasteiger charge is -2.40. The van der Waals surface area contributed by atoms with Crippen LogP contribution in [-0.4, -0.2) is 51.0 Å². The highest BCUT2D eigenvalue weighted by Crippen LogP contribution is 2.51. The Morgan fingerprint density at radius 1 is 1.18 bits per heavy atom. The number of hydrogen-bond donors (Lipinski definition) is 2. The highest BCUT2D eigenvalue weighted by Gasteiger charge is 2.48. The summed E-state index contributed by atoms with van der Waals surface area (Å²) in [5.41, 5.74) is 2.46. The molecule has 0 radical (unpaired) electrons. The number of aromatic amines is 1. The van der Waals surface area contributed by atoms with Gasteiger partial charge in [-0.1, -0.05) is 24.3 Å². The molecule has 7 heteroatoms. The molecule has 146 valence electrons. The molecule has 28 heavy (non-hydrogen) atoms. The molecule has 2 aliphatic carbocycles. The quantitative estimate of drug-likeness (QED) is 0.855. The van der Waals surface area contributed by atoms with E-state index in [0.717, 1.165) is 32.1 Å². The summed E-state index contributed by atoms with van der Waals surface area (Å²) in [5, 5.41) is 9.68. The first-order valence-electron chi connectivity index (χ1n) is 10.2. The molecule has 1 aromatic carbocycles. The summed E-state index contributed by atoms with van der Waals surface area (Å²) < 4.78 is 0. The Kier molecular flexibility index (Phi) is 4.18. The maximum atomic E-state index is 13.0. The highest BCUT2D eigenvalue weighted by atomic mass is 16.2. The van der Waals surface area contributed by atoms with Crippen molar-refractivity contribution < 1.29 is 9.59 Å². The molecule has 1 spiro atoms. The number of benzene rings is 1. The predicted molar refractivity (Wildman–Crippen MR) is 103 cm³/mol. The van der Waals surface area contributed by atoms with Crippen LogP contribution < -0.4 is 5.32 Å². The van der Waals surface area contributed by atoms with Gasteiger partial charge in [0.05, 0.1) is 5.92 Å². The largest absolute Gasteiger partial charge is 0.353 e. The van der Waals surface area contributed by atoms with Gasteiger partial charge < -0.3 is 10.2 Å². The average molecular weight is 379 g/mol. The zero-order valence-electron chi connectivity index (χ0n) is 15.9. The summed E-state index contributed by atoms with van der Waals surface area (Å²) >= 11 is 0. The Balaban J connectivity index is 1.34. The van der Waals surface area contributed by atoms with Crippen molar-refractivity contribution >= 4 is 11.8 Å². The third-order valence-corrected chi connectivity index (χ3v) is 6.90. The third kappa shape index (κ3) is 2.80. The number of H-pyrrole nitrogens is 1. The molecule has 0 bridgehead atoms. The van der Waals surface area contributed by atoms with Crippen molar-refractivity contribution in [2.24, 2.45) is 0 Å². The fourth-order valence-electron chi connectivity index (χ4n) is 5.05. The number of carbonyl (C=O) groups excluding carboxylic acids is 2. The Bertz CT molecular complexity index is 882. The zero-order valence-corrected chi connectivity index (χ0v) is 15.9. The molecular formula is C21H25N5O2. The minimum Gasteiger partial charge on any atom is -0.353 e. The molecule has 2 heterocycles. The van der Waals surface area contributed by atoms with E-state index in [1.54, 1.807) is 0 Å². The second kappa shape index (κ2) is 6.72. The van der Waals surface area contributed by atoms with Crippen molar-refractivity contribution in [3.63, 3.8) is 0 Å². The number of nitrogens with zero attached hydrogens (tertiary/aromatic N) is 3. The van der Waals surface area contributed by atoms with Crippen LogP contribution in [-0.2, 0) is 10.2 Å². The van der Waals surface area contributed by atoms with Crippen molar-refractivity contribution in [3.05, 3.63) is 47.5 Å². The first-order chi connectivity index (χ1) is 13.7. The predicted octanol–water partition coefficient (Wildman–Crippen LogP) is 2.13. The van der Waals surface area contributed by atoms with Gasteiger partial charge in [-0.25, -0.2) is 4.98 Å². The van der Waals surface area contributed by atoms with Gasteiger partial charge in [-0.3, -0.25) is 14.7 Å². The van der Waals surface area contributed by atoms with E-state index in [1.807, 2.05) is 11.0 Å². The summed E-state index contributed by atoms with van der Waals surface area (Å²) in [6.07, 6.45) is 7.36. The van der Waals surface area contributed by atoms with Gasteiger partial charge in [-0.15, -0.1) is 0 Å². The average Bonchev–Trinajstić information content (AvgIpc) is 3.33. The van der Waals surface area contributed by atoms with E-state index in [1.165, 1.54) is 23.9 Å². The third-order valence-electron chi connectivity index (χ3n) is 6.90.